The summed E-state index contributed by atoms with van der Waals surface area (Å²) >= 11 is 0. The molecule has 0 N–H and O–H groups in total. The molecule has 9 heteroatoms. The van der Waals surface area contributed by atoms with E-state index in [9.17, 15) is 27.2 Å². The number of carbonyl (C=O) groups is 2. The average Bonchev–Trinajstić information content (AvgIpc) is 3.12. The highest BCUT2D eigenvalue weighted by molar-refractivity contribution is 5.90. The van der Waals surface area contributed by atoms with Crippen molar-refractivity contribution in [2.24, 2.45) is 0 Å². The van der Waals surface area contributed by atoms with E-state index in [1.165, 1.54) is 29.2 Å². The number of carbonyl (C=O) groups excluding carboxylic acids is 2. The van der Waals surface area contributed by atoms with Gasteiger partial charge in [0.1, 0.15) is 23.7 Å². The third kappa shape index (κ3) is 4.51. The van der Waals surface area contributed by atoms with Gasteiger partial charge in [0.25, 0.3) is 0 Å². The predicted octanol–water partition coefficient (Wildman–Crippen LogP) is 2.75. The van der Waals surface area contributed by atoms with Crippen LogP contribution in [0, 0.1) is 5.82 Å². The zero-order valence-corrected chi connectivity index (χ0v) is 14.5. The highest BCUT2D eigenvalue weighted by Gasteiger charge is 2.48. The van der Waals surface area contributed by atoms with Gasteiger partial charge < -0.3 is 14.5 Å². The number of halogens is 4. The molecule has 0 spiro atoms. The summed E-state index contributed by atoms with van der Waals surface area (Å²) in [7, 11) is 0. The summed E-state index contributed by atoms with van der Waals surface area (Å²) in [6.45, 7) is 0.628. The van der Waals surface area contributed by atoms with Gasteiger partial charge in [-0.25, -0.2) is 4.39 Å². The van der Waals surface area contributed by atoms with Crippen LogP contribution in [-0.2, 0) is 9.59 Å². The van der Waals surface area contributed by atoms with Crippen LogP contribution in [0.1, 0.15) is 25.7 Å². The van der Waals surface area contributed by atoms with Crippen molar-refractivity contribution in [3.8, 4) is 5.75 Å². The molecule has 5 nitrogen and oxygen atoms in total. The third-order valence-electron chi connectivity index (χ3n) is 4.91. The number of alkyl halides is 3. The molecule has 2 heterocycles. The Morgan fingerprint density at radius 1 is 1.00 bits per heavy atom. The van der Waals surface area contributed by atoms with Crippen molar-refractivity contribution in [1.29, 1.82) is 0 Å². The Bertz CT molecular complexity index is 685. The molecule has 0 radical (unpaired) electrons. The normalized spacial score (nSPS) is 21.4. The molecule has 1 atom stereocenters. The van der Waals surface area contributed by atoms with E-state index >= 15 is 0 Å². The molecule has 148 valence electrons. The molecule has 1 unspecified atom stereocenters. The van der Waals surface area contributed by atoms with E-state index in [-0.39, 0.29) is 24.9 Å². The number of piperidine rings is 1. The topological polar surface area (TPSA) is 49.9 Å². The molecule has 2 aliphatic heterocycles. The maximum absolute atomic E-state index is 12.9. The van der Waals surface area contributed by atoms with E-state index < -0.39 is 24.0 Å². The van der Waals surface area contributed by atoms with Crippen LogP contribution >= 0.6 is 0 Å². The fourth-order valence-electron chi connectivity index (χ4n) is 3.54. The monoisotopic (exact) mass is 388 g/mol. The number of benzene rings is 1. The summed E-state index contributed by atoms with van der Waals surface area (Å²) in [4.78, 5) is 26.3. The standard InChI is InChI=1S/C18H20F4N2O3/c19-12-3-5-13(6-4-12)27-14-7-10-23(11-8-14)16(25)15-2-1-9-24(15)17(26)18(20,21)22/h3-6,14-15H,1-2,7-11H2. The lowest BCUT2D eigenvalue weighted by molar-refractivity contribution is -0.187. The van der Waals surface area contributed by atoms with Crippen LogP contribution in [0.5, 0.6) is 5.75 Å². The van der Waals surface area contributed by atoms with Crippen molar-refractivity contribution in [3.63, 3.8) is 0 Å². The van der Waals surface area contributed by atoms with Crippen LogP contribution in [0.25, 0.3) is 0 Å². The Morgan fingerprint density at radius 2 is 1.63 bits per heavy atom. The molecular weight excluding hydrogens is 368 g/mol. The van der Waals surface area contributed by atoms with Crippen molar-refractivity contribution in [1.82, 2.24) is 9.80 Å². The second-order valence-electron chi connectivity index (χ2n) is 6.75. The first-order valence-electron chi connectivity index (χ1n) is 8.84. The van der Waals surface area contributed by atoms with Gasteiger partial charge in [0.2, 0.25) is 5.91 Å². The molecule has 1 aromatic rings. The molecule has 0 aliphatic carbocycles. The molecule has 2 aliphatic rings. The average molecular weight is 388 g/mol. The van der Waals surface area contributed by atoms with Crippen molar-refractivity contribution in [2.45, 2.75) is 44.0 Å². The summed E-state index contributed by atoms with van der Waals surface area (Å²) in [5.74, 6) is -2.23. The summed E-state index contributed by atoms with van der Waals surface area (Å²) in [6.07, 6.45) is -3.48. The van der Waals surface area contributed by atoms with Gasteiger partial charge in [-0.3, -0.25) is 9.59 Å². The Labute approximate surface area is 153 Å². The smallest absolute Gasteiger partial charge is 0.471 e. The van der Waals surface area contributed by atoms with Crippen LogP contribution in [0.15, 0.2) is 24.3 Å². The van der Waals surface area contributed by atoms with Crippen molar-refractivity contribution in [2.75, 3.05) is 19.6 Å². The van der Waals surface area contributed by atoms with E-state index in [2.05, 4.69) is 0 Å². The molecule has 2 saturated heterocycles. The predicted molar refractivity (Wildman–Crippen MR) is 87.4 cm³/mol. The second kappa shape index (κ2) is 7.74. The molecule has 0 aromatic heterocycles. The Kier molecular flexibility index (Phi) is 5.57. The fraction of sp³-hybridized carbons (Fsp3) is 0.556. The van der Waals surface area contributed by atoms with Crippen LogP contribution < -0.4 is 4.74 Å². The molecule has 1 aromatic carbocycles. The minimum Gasteiger partial charge on any atom is -0.490 e. The van der Waals surface area contributed by atoms with Gasteiger partial charge in [-0.05, 0) is 37.1 Å². The first-order valence-corrected chi connectivity index (χ1v) is 8.84. The maximum atomic E-state index is 12.9. The molecule has 2 fully saturated rings. The SMILES string of the molecule is O=C(C1CCCN1C(=O)C(F)(F)F)N1CCC(Oc2ccc(F)cc2)CC1. The molecule has 27 heavy (non-hydrogen) atoms. The van der Waals surface area contributed by atoms with Gasteiger partial charge in [-0.15, -0.1) is 0 Å². The maximum Gasteiger partial charge on any atom is 0.471 e. The number of rotatable bonds is 3. The summed E-state index contributed by atoms with van der Waals surface area (Å²) < 4.78 is 56.8. The molecular formula is C18H20F4N2O3. The molecule has 2 amide bonds. The molecule has 3 rings (SSSR count). The number of nitrogens with zero attached hydrogens (tertiary/aromatic N) is 2. The van der Waals surface area contributed by atoms with Gasteiger partial charge in [-0.2, -0.15) is 13.2 Å². The van der Waals surface area contributed by atoms with E-state index in [1.807, 2.05) is 0 Å². The second-order valence-corrected chi connectivity index (χ2v) is 6.75. The number of likely N-dealkylation sites (tertiary alicyclic amines) is 2. The minimum absolute atomic E-state index is 0.0567. The number of hydrogen-bond donors (Lipinski definition) is 0. The minimum atomic E-state index is -4.97. The van der Waals surface area contributed by atoms with Crippen molar-refractivity contribution in [3.05, 3.63) is 30.1 Å². The van der Waals surface area contributed by atoms with Crippen molar-refractivity contribution >= 4 is 11.8 Å². The van der Waals surface area contributed by atoms with Crippen LogP contribution in [0.3, 0.4) is 0 Å². The van der Waals surface area contributed by atoms with Crippen LogP contribution in [-0.4, -0.2) is 59.6 Å². The Balaban J connectivity index is 1.55. The summed E-state index contributed by atoms with van der Waals surface area (Å²) in [5, 5.41) is 0. The van der Waals surface area contributed by atoms with Gasteiger partial charge in [0.15, 0.2) is 0 Å². The lowest BCUT2D eigenvalue weighted by Gasteiger charge is -2.35. The molecule has 0 bridgehead atoms. The highest BCUT2D eigenvalue weighted by Crippen LogP contribution is 2.28. The van der Waals surface area contributed by atoms with E-state index in [0.29, 0.717) is 43.0 Å². The highest BCUT2D eigenvalue weighted by atomic mass is 19.4. The summed E-state index contributed by atoms with van der Waals surface area (Å²) in [6, 6.07) is 4.58. The lowest BCUT2D eigenvalue weighted by Crippen LogP contribution is -2.53. The quantitative estimate of drug-likeness (QED) is 0.749. The lowest BCUT2D eigenvalue weighted by atomic mass is 10.1. The number of hydrogen-bond acceptors (Lipinski definition) is 3. The van der Waals surface area contributed by atoms with Crippen molar-refractivity contribution < 1.29 is 31.9 Å². The van der Waals surface area contributed by atoms with Crippen LogP contribution in [0.4, 0.5) is 17.6 Å². The third-order valence-corrected chi connectivity index (χ3v) is 4.91. The summed E-state index contributed by atoms with van der Waals surface area (Å²) in [5.41, 5.74) is 0. The Morgan fingerprint density at radius 3 is 2.22 bits per heavy atom. The zero-order chi connectivity index (χ0) is 19.6. The largest absolute Gasteiger partial charge is 0.490 e. The van der Waals surface area contributed by atoms with Gasteiger partial charge in [0, 0.05) is 32.5 Å². The zero-order valence-electron chi connectivity index (χ0n) is 14.5. The molecule has 0 saturated carbocycles. The van der Waals surface area contributed by atoms with E-state index in [0.717, 1.165) is 0 Å². The van der Waals surface area contributed by atoms with E-state index in [4.69, 9.17) is 4.74 Å². The number of amides is 2. The first kappa shape index (κ1) is 19.4. The Hall–Kier alpha value is -2.32. The fourth-order valence-corrected chi connectivity index (χ4v) is 3.54. The van der Waals surface area contributed by atoms with Gasteiger partial charge in [0.05, 0.1) is 0 Å². The first-order chi connectivity index (χ1) is 12.8. The number of ether oxygens (including phenoxy) is 1. The van der Waals surface area contributed by atoms with Gasteiger partial charge >= 0.3 is 12.1 Å². The van der Waals surface area contributed by atoms with Gasteiger partial charge in [-0.1, -0.05) is 0 Å². The van der Waals surface area contributed by atoms with E-state index in [1.54, 1.807) is 0 Å². The van der Waals surface area contributed by atoms with Crippen LogP contribution in [0.2, 0.25) is 0 Å².